The molecule has 0 fully saturated rings. The summed E-state index contributed by atoms with van der Waals surface area (Å²) >= 11 is 3.51. The number of aliphatic hydroxyl groups is 1. The van der Waals surface area contributed by atoms with Gasteiger partial charge in [-0.05, 0) is 46.3 Å². The van der Waals surface area contributed by atoms with Crippen LogP contribution >= 0.6 is 15.9 Å². The predicted octanol–water partition coefficient (Wildman–Crippen LogP) is 3.45. The normalized spacial score (nSPS) is 12.4. The van der Waals surface area contributed by atoms with Crippen LogP contribution in [0.25, 0.3) is 5.65 Å². The van der Waals surface area contributed by atoms with Gasteiger partial charge in [-0.3, -0.25) is 4.98 Å². The number of anilines is 1. The molecule has 0 aliphatic rings. The Hall–Kier alpha value is -1.99. The SMILES string of the molecule is CCCC(CO)Cc1cc(NCc2cccnc2)n2ncc(Br)c2n1. The minimum atomic E-state index is 0.180. The van der Waals surface area contributed by atoms with Gasteiger partial charge in [-0.25, -0.2) is 4.98 Å². The molecule has 3 aromatic rings. The van der Waals surface area contributed by atoms with Crippen LogP contribution in [0.1, 0.15) is 31.0 Å². The molecule has 1 unspecified atom stereocenters. The van der Waals surface area contributed by atoms with E-state index in [1.165, 1.54) is 0 Å². The molecule has 2 N–H and O–H groups in total. The van der Waals surface area contributed by atoms with Crippen LogP contribution in [0, 0.1) is 5.92 Å². The topological polar surface area (TPSA) is 75.3 Å². The van der Waals surface area contributed by atoms with Gasteiger partial charge in [-0.15, -0.1) is 0 Å². The molecule has 132 valence electrons. The van der Waals surface area contributed by atoms with E-state index in [1.54, 1.807) is 16.9 Å². The number of nitrogens with one attached hydrogen (secondary N) is 1. The van der Waals surface area contributed by atoms with Crippen LogP contribution in [-0.2, 0) is 13.0 Å². The molecule has 3 aromatic heterocycles. The molecule has 0 saturated heterocycles. The van der Waals surface area contributed by atoms with Crippen LogP contribution in [0.5, 0.6) is 0 Å². The van der Waals surface area contributed by atoms with Gasteiger partial charge in [0.2, 0.25) is 0 Å². The maximum absolute atomic E-state index is 9.59. The highest BCUT2D eigenvalue weighted by Crippen LogP contribution is 2.23. The molecule has 0 amide bonds. The standard InChI is InChI=1S/C18H22BrN5O/c1-2-4-13(12-25)7-15-8-17(21-10-14-5-3-6-20-9-14)24-18(23-15)16(19)11-22-24/h3,5-6,8-9,11,13,21,25H,2,4,7,10,12H2,1H3. The molecular weight excluding hydrogens is 382 g/mol. The molecule has 25 heavy (non-hydrogen) atoms. The van der Waals surface area contributed by atoms with Crippen molar-refractivity contribution in [2.24, 2.45) is 5.92 Å². The Bertz CT molecular complexity index is 821. The summed E-state index contributed by atoms with van der Waals surface area (Å²) in [4.78, 5) is 8.85. The number of nitrogens with zero attached hydrogens (tertiary/aromatic N) is 4. The second kappa shape index (κ2) is 8.40. The minimum absolute atomic E-state index is 0.180. The number of aromatic nitrogens is 4. The molecule has 0 aliphatic carbocycles. The Morgan fingerprint density at radius 1 is 1.36 bits per heavy atom. The highest BCUT2D eigenvalue weighted by atomic mass is 79.9. The molecule has 3 heterocycles. The van der Waals surface area contributed by atoms with Crippen molar-refractivity contribution in [1.29, 1.82) is 0 Å². The van der Waals surface area contributed by atoms with Gasteiger partial charge in [0.05, 0.1) is 10.7 Å². The number of halogens is 1. The minimum Gasteiger partial charge on any atom is -0.396 e. The summed E-state index contributed by atoms with van der Waals surface area (Å²) in [6.45, 7) is 2.97. The Labute approximate surface area is 155 Å². The van der Waals surface area contributed by atoms with E-state index in [4.69, 9.17) is 4.98 Å². The van der Waals surface area contributed by atoms with Gasteiger partial charge in [-0.2, -0.15) is 9.61 Å². The van der Waals surface area contributed by atoms with E-state index in [0.29, 0.717) is 6.54 Å². The van der Waals surface area contributed by atoms with Crippen LogP contribution in [0.4, 0.5) is 5.82 Å². The van der Waals surface area contributed by atoms with Gasteiger partial charge < -0.3 is 10.4 Å². The maximum Gasteiger partial charge on any atom is 0.171 e. The highest BCUT2D eigenvalue weighted by Gasteiger charge is 2.14. The average Bonchev–Trinajstić information content (AvgIpc) is 3.01. The fraction of sp³-hybridized carbons (Fsp3) is 0.389. The summed E-state index contributed by atoms with van der Waals surface area (Å²) in [6, 6.07) is 5.97. The second-order valence-corrected chi connectivity index (χ2v) is 6.97. The quantitative estimate of drug-likeness (QED) is 0.602. The summed E-state index contributed by atoms with van der Waals surface area (Å²) < 4.78 is 2.65. The van der Waals surface area contributed by atoms with Crippen LogP contribution in [0.3, 0.4) is 0 Å². The molecule has 1 atom stereocenters. The smallest absolute Gasteiger partial charge is 0.171 e. The third-order valence-corrected chi connectivity index (χ3v) is 4.69. The van der Waals surface area contributed by atoms with Gasteiger partial charge in [0.15, 0.2) is 5.65 Å². The number of rotatable bonds is 8. The van der Waals surface area contributed by atoms with Crippen molar-refractivity contribution < 1.29 is 5.11 Å². The van der Waals surface area contributed by atoms with Gasteiger partial charge in [-0.1, -0.05) is 19.4 Å². The molecule has 0 aromatic carbocycles. The Morgan fingerprint density at radius 3 is 2.96 bits per heavy atom. The van der Waals surface area contributed by atoms with Gasteiger partial charge in [0, 0.05) is 37.3 Å². The number of fused-ring (bicyclic) bond motifs is 1. The number of hydrogen-bond donors (Lipinski definition) is 2. The number of pyridine rings is 1. The van der Waals surface area contributed by atoms with E-state index in [1.807, 2.05) is 24.4 Å². The van der Waals surface area contributed by atoms with E-state index in [0.717, 1.165) is 46.5 Å². The van der Waals surface area contributed by atoms with Gasteiger partial charge in [0.1, 0.15) is 5.82 Å². The summed E-state index contributed by atoms with van der Waals surface area (Å²) in [5.41, 5.74) is 2.83. The van der Waals surface area contributed by atoms with Gasteiger partial charge >= 0.3 is 0 Å². The zero-order valence-corrected chi connectivity index (χ0v) is 15.8. The van der Waals surface area contributed by atoms with Gasteiger partial charge in [0.25, 0.3) is 0 Å². The zero-order chi connectivity index (χ0) is 17.6. The van der Waals surface area contributed by atoms with E-state index in [2.05, 4.69) is 38.3 Å². The predicted molar refractivity (Wildman–Crippen MR) is 101 cm³/mol. The van der Waals surface area contributed by atoms with Crippen molar-refractivity contribution in [3.05, 3.63) is 52.5 Å². The first-order chi connectivity index (χ1) is 12.2. The Morgan fingerprint density at radius 2 is 2.24 bits per heavy atom. The van der Waals surface area contributed by atoms with Crippen molar-refractivity contribution in [3.8, 4) is 0 Å². The van der Waals surface area contributed by atoms with E-state index >= 15 is 0 Å². The van der Waals surface area contributed by atoms with Crippen LogP contribution in [-0.4, -0.2) is 31.3 Å². The monoisotopic (exact) mass is 403 g/mol. The average molecular weight is 404 g/mol. The Balaban J connectivity index is 1.87. The van der Waals surface area contributed by atoms with E-state index in [-0.39, 0.29) is 12.5 Å². The summed E-state index contributed by atoms with van der Waals surface area (Å²) in [7, 11) is 0. The third kappa shape index (κ3) is 4.35. The molecule has 3 rings (SSSR count). The molecule has 0 spiro atoms. The van der Waals surface area contributed by atoms with Crippen molar-refractivity contribution >= 4 is 27.4 Å². The fourth-order valence-corrected chi connectivity index (χ4v) is 3.22. The first-order valence-electron chi connectivity index (χ1n) is 8.48. The lowest BCUT2D eigenvalue weighted by atomic mass is 9.99. The van der Waals surface area contributed by atoms with Crippen molar-refractivity contribution in [2.75, 3.05) is 11.9 Å². The number of aliphatic hydroxyl groups excluding tert-OH is 1. The molecule has 0 bridgehead atoms. The molecule has 0 saturated carbocycles. The molecule has 0 radical (unpaired) electrons. The van der Waals surface area contributed by atoms with Crippen LogP contribution in [0.2, 0.25) is 0 Å². The maximum atomic E-state index is 9.59. The summed E-state index contributed by atoms with van der Waals surface area (Å²) in [5.74, 6) is 1.11. The summed E-state index contributed by atoms with van der Waals surface area (Å²) in [6.07, 6.45) is 8.14. The fourth-order valence-electron chi connectivity index (χ4n) is 2.87. The van der Waals surface area contributed by atoms with Crippen molar-refractivity contribution in [3.63, 3.8) is 0 Å². The molecular formula is C18H22BrN5O. The van der Waals surface area contributed by atoms with Crippen LogP contribution in [0.15, 0.2) is 41.3 Å². The molecule has 7 heteroatoms. The first-order valence-corrected chi connectivity index (χ1v) is 9.27. The lowest BCUT2D eigenvalue weighted by Gasteiger charge is -2.15. The molecule has 6 nitrogen and oxygen atoms in total. The first kappa shape index (κ1) is 17.8. The van der Waals surface area contributed by atoms with E-state index < -0.39 is 0 Å². The largest absolute Gasteiger partial charge is 0.396 e. The Kier molecular flexibility index (Phi) is 5.99. The number of hydrogen-bond acceptors (Lipinski definition) is 5. The lowest BCUT2D eigenvalue weighted by molar-refractivity contribution is 0.216. The highest BCUT2D eigenvalue weighted by molar-refractivity contribution is 9.10. The zero-order valence-electron chi connectivity index (χ0n) is 14.2. The lowest BCUT2D eigenvalue weighted by Crippen LogP contribution is -2.13. The molecule has 0 aliphatic heterocycles. The van der Waals surface area contributed by atoms with Crippen LogP contribution < -0.4 is 5.32 Å². The van der Waals surface area contributed by atoms with E-state index in [9.17, 15) is 5.11 Å². The summed E-state index contributed by atoms with van der Waals surface area (Å²) in [5, 5.41) is 17.4. The van der Waals surface area contributed by atoms with Crippen molar-refractivity contribution in [1.82, 2.24) is 19.6 Å². The third-order valence-electron chi connectivity index (χ3n) is 4.13. The van der Waals surface area contributed by atoms with Crippen molar-refractivity contribution in [2.45, 2.75) is 32.7 Å². The second-order valence-electron chi connectivity index (χ2n) is 6.12.